The Morgan fingerprint density at radius 1 is 1.21 bits per heavy atom. The molecular formula is C12H22N2. The smallest absolute Gasteiger partial charge is 0.0989 e. The molecule has 1 N–H and O–H groups in total. The molecular weight excluding hydrogens is 172 g/mol. The number of likely N-dealkylation sites (tertiary alicyclic amines) is 1. The first-order chi connectivity index (χ1) is 6.81. The summed E-state index contributed by atoms with van der Waals surface area (Å²) in [6.45, 7) is 4.58. The summed E-state index contributed by atoms with van der Waals surface area (Å²) in [7, 11) is 0. The van der Waals surface area contributed by atoms with Crippen LogP contribution < -0.4 is 0 Å². The normalized spacial score (nSPS) is 23.9. The third-order valence-corrected chi connectivity index (χ3v) is 3.62. The molecule has 2 nitrogen and oxygen atoms in total. The van der Waals surface area contributed by atoms with E-state index in [0.717, 1.165) is 24.8 Å². The first-order valence-electron chi connectivity index (χ1n) is 6.14. The fraction of sp³-hybridized carbons (Fsp3) is 0.917. The summed E-state index contributed by atoms with van der Waals surface area (Å²) in [5, 5.41) is 7.99. The average Bonchev–Trinajstić information content (AvgIpc) is 3.02. The molecule has 1 saturated carbocycles. The zero-order valence-corrected chi connectivity index (χ0v) is 9.26. The number of nitrogens with one attached hydrogen (secondary N) is 1. The van der Waals surface area contributed by atoms with Gasteiger partial charge in [-0.15, -0.1) is 0 Å². The Morgan fingerprint density at radius 3 is 2.36 bits per heavy atom. The monoisotopic (exact) mass is 194 g/mol. The van der Waals surface area contributed by atoms with Crippen molar-refractivity contribution in [3.05, 3.63) is 0 Å². The molecule has 2 aliphatic rings. The van der Waals surface area contributed by atoms with Gasteiger partial charge in [-0.25, -0.2) is 0 Å². The molecule has 2 heteroatoms. The topological polar surface area (TPSA) is 27.1 Å². The summed E-state index contributed by atoms with van der Waals surface area (Å²) < 4.78 is 0. The van der Waals surface area contributed by atoms with Crippen molar-refractivity contribution in [2.24, 2.45) is 11.8 Å². The van der Waals surface area contributed by atoms with Crippen molar-refractivity contribution in [1.82, 2.24) is 4.90 Å². The lowest BCUT2D eigenvalue weighted by Gasteiger charge is -2.33. The van der Waals surface area contributed by atoms with E-state index in [-0.39, 0.29) is 0 Å². The van der Waals surface area contributed by atoms with E-state index in [1.807, 2.05) is 0 Å². The summed E-state index contributed by atoms with van der Waals surface area (Å²) in [4.78, 5) is 2.32. The van der Waals surface area contributed by atoms with Gasteiger partial charge in [0.05, 0.1) is 5.84 Å². The van der Waals surface area contributed by atoms with Gasteiger partial charge in [0.15, 0.2) is 0 Å². The molecule has 0 aromatic carbocycles. The lowest BCUT2D eigenvalue weighted by Crippen LogP contribution is -2.38. The third-order valence-electron chi connectivity index (χ3n) is 3.62. The van der Waals surface area contributed by atoms with E-state index < -0.39 is 0 Å². The van der Waals surface area contributed by atoms with Crippen molar-refractivity contribution in [1.29, 1.82) is 5.41 Å². The quantitative estimate of drug-likeness (QED) is 0.543. The van der Waals surface area contributed by atoms with Gasteiger partial charge in [-0.1, -0.05) is 19.8 Å². The number of hydrogen-bond acceptors (Lipinski definition) is 1. The summed E-state index contributed by atoms with van der Waals surface area (Å²) in [5.41, 5.74) is 0. The van der Waals surface area contributed by atoms with Gasteiger partial charge in [0.1, 0.15) is 0 Å². The number of rotatable bonds is 3. The Hall–Kier alpha value is -0.530. The van der Waals surface area contributed by atoms with Crippen LogP contribution in [0.3, 0.4) is 0 Å². The second kappa shape index (κ2) is 4.33. The molecule has 80 valence electrons. The second-order valence-electron chi connectivity index (χ2n) is 4.88. The molecule has 1 aliphatic carbocycles. The summed E-state index contributed by atoms with van der Waals surface area (Å²) in [6, 6.07) is 0. The highest BCUT2D eigenvalue weighted by atomic mass is 15.2. The summed E-state index contributed by atoms with van der Waals surface area (Å²) in [5.74, 6) is 2.53. The molecule has 2 rings (SSSR count). The van der Waals surface area contributed by atoms with Gasteiger partial charge in [-0.2, -0.15) is 0 Å². The standard InChI is InChI=1S/C12H22N2/c1-2-3-10-6-8-14(9-7-10)12(13)11-4-5-11/h10-11,13H,2-9H2,1H3. The van der Waals surface area contributed by atoms with Crippen LogP contribution in [0.25, 0.3) is 0 Å². The minimum absolute atomic E-state index is 0.637. The van der Waals surface area contributed by atoms with Crippen molar-refractivity contribution in [2.45, 2.75) is 45.4 Å². The van der Waals surface area contributed by atoms with E-state index in [9.17, 15) is 0 Å². The number of piperidine rings is 1. The summed E-state index contributed by atoms with van der Waals surface area (Å²) in [6.07, 6.45) is 7.91. The molecule has 1 saturated heterocycles. The second-order valence-corrected chi connectivity index (χ2v) is 4.88. The molecule has 1 heterocycles. The first-order valence-corrected chi connectivity index (χ1v) is 6.14. The lowest BCUT2D eigenvalue weighted by molar-refractivity contribution is 0.250. The van der Waals surface area contributed by atoms with Crippen LogP contribution >= 0.6 is 0 Å². The molecule has 0 atom stereocenters. The van der Waals surface area contributed by atoms with Crippen molar-refractivity contribution in [3.63, 3.8) is 0 Å². The lowest BCUT2D eigenvalue weighted by atomic mass is 9.92. The highest BCUT2D eigenvalue weighted by molar-refractivity contribution is 5.83. The molecule has 0 radical (unpaired) electrons. The van der Waals surface area contributed by atoms with Crippen LogP contribution in [0, 0.1) is 17.2 Å². The van der Waals surface area contributed by atoms with Gasteiger partial charge >= 0.3 is 0 Å². The molecule has 0 bridgehead atoms. The number of hydrogen-bond donors (Lipinski definition) is 1. The fourth-order valence-corrected chi connectivity index (χ4v) is 2.49. The molecule has 2 fully saturated rings. The van der Waals surface area contributed by atoms with Crippen LogP contribution in [0.4, 0.5) is 0 Å². The highest BCUT2D eigenvalue weighted by Gasteiger charge is 2.31. The first kappa shape index (κ1) is 10.0. The molecule has 0 aromatic rings. The highest BCUT2D eigenvalue weighted by Crippen LogP contribution is 2.33. The van der Waals surface area contributed by atoms with E-state index in [2.05, 4.69) is 11.8 Å². The Balaban J connectivity index is 1.74. The van der Waals surface area contributed by atoms with Gasteiger partial charge in [0.25, 0.3) is 0 Å². The van der Waals surface area contributed by atoms with E-state index in [1.54, 1.807) is 0 Å². The Labute approximate surface area is 87.2 Å². The average molecular weight is 194 g/mol. The largest absolute Gasteiger partial charge is 0.360 e. The van der Waals surface area contributed by atoms with Gasteiger partial charge in [-0.3, -0.25) is 5.41 Å². The van der Waals surface area contributed by atoms with Crippen molar-refractivity contribution < 1.29 is 0 Å². The number of nitrogens with zero attached hydrogens (tertiary/aromatic N) is 1. The predicted octanol–water partition coefficient (Wildman–Crippen LogP) is 2.89. The zero-order valence-electron chi connectivity index (χ0n) is 9.26. The SMILES string of the molecule is CCCC1CCN(C(=N)C2CC2)CC1. The van der Waals surface area contributed by atoms with Crippen molar-refractivity contribution in [2.75, 3.05) is 13.1 Å². The van der Waals surface area contributed by atoms with Gasteiger partial charge < -0.3 is 4.90 Å². The Bertz CT molecular complexity index is 200. The van der Waals surface area contributed by atoms with Crippen LogP contribution in [-0.4, -0.2) is 23.8 Å². The minimum Gasteiger partial charge on any atom is -0.360 e. The zero-order chi connectivity index (χ0) is 9.97. The fourth-order valence-electron chi connectivity index (χ4n) is 2.49. The maximum Gasteiger partial charge on any atom is 0.0989 e. The molecule has 0 aromatic heterocycles. The van der Waals surface area contributed by atoms with Crippen LogP contribution in [-0.2, 0) is 0 Å². The van der Waals surface area contributed by atoms with Gasteiger partial charge in [0.2, 0.25) is 0 Å². The maximum absolute atomic E-state index is 7.99. The molecule has 0 spiro atoms. The van der Waals surface area contributed by atoms with E-state index in [1.165, 1.54) is 38.5 Å². The Kier molecular flexibility index (Phi) is 3.09. The molecule has 0 unspecified atom stereocenters. The van der Waals surface area contributed by atoms with Crippen LogP contribution in [0.2, 0.25) is 0 Å². The van der Waals surface area contributed by atoms with Crippen LogP contribution in [0.5, 0.6) is 0 Å². The Morgan fingerprint density at radius 2 is 1.86 bits per heavy atom. The summed E-state index contributed by atoms with van der Waals surface area (Å²) >= 11 is 0. The van der Waals surface area contributed by atoms with Gasteiger partial charge in [-0.05, 0) is 31.6 Å². The minimum atomic E-state index is 0.637. The molecule has 0 amide bonds. The van der Waals surface area contributed by atoms with Crippen molar-refractivity contribution in [3.8, 4) is 0 Å². The van der Waals surface area contributed by atoms with Crippen molar-refractivity contribution >= 4 is 5.84 Å². The third kappa shape index (κ3) is 2.28. The van der Waals surface area contributed by atoms with Crippen LogP contribution in [0.1, 0.15) is 45.4 Å². The van der Waals surface area contributed by atoms with Gasteiger partial charge in [0, 0.05) is 19.0 Å². The van der Waals surface area contributed by atoms with E-state index in [0.29, 0.717) is 5.92 Å². The van der Waals surface area contributed by atoms with E-state index in [4.69, 9.17) is 5.41 Å². The van der Waals surface area contributed by atoms with E-state index >= 15 is 0 Å². The predicted molar refractivity (Wildman–Crippen MR) is 59.7 cm³/mol. The molecule has 1 aliphatic heterocycles. The van der Waals surface area contributed by atoms with Crippen LogP contribution in [0.15, 0.2) is 0 Å². The maximum atomic E-state index is 7.99. The molecule has 14 heavy (non-hydrogen) atoms. The number of amidine groups is 1.